The van der Waals surface area contributed by atoms with Crippen molar-refractivity contribution in [2.24, 2.45) is 0 Å². The van der Waals surface area contributed by atoms with Crippen LogP contribution in [0.3, 0.4) is 0 Å². The molecule has 0 fully saturated rings. The predicted octanol–water partition coefficient (Wildman–Crippen LogP) is 1.39. The summed E-state index contributed by atoms with van der Waals surface area (Å²) in [6.07, 6.45) is 1.61. The Kier molecular flexibility index (Phi) is 3.88. The molecular formula is C15H20N4O2. The molecule has 0 spiro atoms. The van der Waals surface area contributed by atoms with Crippen molar-refractivity contribution >= 4 is 28.4 Å². The fourth-order valence-corrected chi connectivity index (χ4v) is 2.04. The van der Waals surface area contributed by atoms with Gasteiger partial charge in [0.1, 0.15) is 0 Å². The molecule has 21 heavy (non-hydrogen) atoms. The number of nitrogens with two attached hydrogens (primary N) is 1. The summed E-state index contributed by atoms with van der Waals surface area (Å²) < 4.78 is 0. The number of carbonyl (C=O) groups excluding carboxylic acids is 2. The van der Waals surface area contributed by atoms with Gasteiger partial charge < -0.3 is 21.4 Å². The molecule has 0 saturated heterocycles. The number of fused-ring (bicyclic) bond motifs is 1. The van der Waals surface area contributed by atoms with Crippen LogP contribution in [0.1, 0.15) is 31.1 Å². The highest BCUT2D eigenvalue weighted by atomic mass is 16.2. The van der Waals surface area contributed by atoms with Crippen molar-refractivity contribution in [1.82, 2.24) is 15.6 Å². The Morgan fingerprint density at radius 3 is 2.67 bits per heavy atom. The van der Waals surface area contributed by atoms with Gasteiger partial charge in [-0.25, -0.2) is 0 Å². The summed E-state index contributed by atoms with van der Waals surface area (Å²) in [7, 11) is 0. The zero-order valence-corrected chi connectivity index (χ0v) is 12.4. The highest BCUT2D eigenvalue weighted by Gasteiger charge is 2.16. The fourth-order valence-electron chi connectivity index (χ4n) is 2.04. The van der Waals surface area contributed by atoms with Crippen molar-refractivity contribution in [1.29, 1.82) is 0 Å². The van der Waals surface area contributed by atoms with Crippen molar-refractivity contribution in [2.75, 3.05) is 12.3 Å². The van der Waals surface area contributed by atoms with Gasteiger partial charge in [-0.15, -0.1) is 0 Å². The first kappa shape index (κ1) is 14.9. The molecule has 0 aliphatic heterocycles. The van der Waals surface area contributed by atoms with E-state index in [-0.39, 0.29) is 23.9 Å². The topological polar surface area (TPSA) is 100 Å². The highest BCUT2D eigenvalue weighted by Crippen LogP contribution is 2.20. The van der Waals surface area contributed by atoms with Gasteiger partial charge in [-0.2, -0.15) is 0 Å². The zero-order valence-electron chi connectivity index (χ0n) is 12.4. The van der Waals surface area contributed by atoms with Crippen LogP contribution in [-0.2, 0) is 4.79 Å². The molecule has 6 nitrogen and oxygen atoms in total. The first-order chi connectivity index (χ1) is 9.76. The van der Waals surface area contributed by atoms with Crippen LogP contribution in [0.5, 0.6) is 0 Å². The minimum absolute atomic E-state index is 0.0644. The van der Waals surface area contributed by atoms with Crippen LogP contribution in [0.4, 0.5) is 5.69 Å². The third-order valence-electron chi connectivity index (χ3n) is 2.87. The lowest BCUT2D eigenvalue weighted by Crippen LogP contribution is -2.45. The standard InChI is InChI=1S/C15H20N4O2/c1-15(2,3)19-13(20)8-18-14(21)11-7-17-12-5-4-9(16)6-10(11)12/h4-7,17H,8,16H2,1-3H3,(H,18,21)(H,19,20). The van der Waals surface area contributed by atoms with E-state index in [0.29, 0.717) is 11.3 Å². The molecule has 5 N–H and O–H groups in total. The van der Waals surface area contributed by atoms with Gasteiger partial charge in [-0.3, -0.25) is 9.59 Å². The molecule has 1 heterocycles. The Labute approximate surface area is 123 Å². The van der Waals surface area contributed by atoms with Crippen LogP contribution in [0.25, 0.3) is 10.9 Å². The third kappa shape index (κ3) is 3.75. The Hall–Kier alpha value is -2.50. The summed E-state index contributed by atoms with van der Waals surface area (Å²) in [6.45, 7) is 5.59. The summed E-state index contributed by atoms with van der Waals surface area (Å²) in [4.78, 5) is 26.9. The Morgan fingerprint density at radius 1 is 1.29 bits per heavy atom. The van der Waals surface area contributed by atoms with Gasteiger partial charge in [0.2, 0.25) is 5.91 Å². The summed E-state index contributed by atoms with van der Waals surface area (Å²) >= 11 is 0. The van der Waals surface area contributed by atoms with E-state index in [1.165, 1.54) is 0 Å². The normalized spacial score (nSPS) is 11.4. The van der Waals surface area contributed by atoms with Crippen molar-refractivity contribution < 1.29 is 9.59 Å². The Bertz CT molecular complexity index is 683. The summed E-state index contributed by atoms with van der Waals surface area (Å²) in [6, 6.07) is 5.31. The van der Waals surface area contributed by atoms with Crippen LogP contribution in [0.2, 0.25) is 0 Å². The first-order valence-corrected chi connectivity index (χ1v) is 6.72. The van der Waals surface area contributed by atoms with Crippen LogP contribution >= 0.6 is 0 Å². The minimum Gasteiger partial charge on any atom is -0.399 e. The number of benzene rings is 1. The fraction of sp³-hybridized carbons (Fsp3) is 0.333. The van der Waals surface area contributed by atoms with Crippen molar-refractivity contribution in [2.45, 2.75) is 26.3 Å². The number of hydrogen-bond donors (Lipinski definition) is 4. The number of aromatic amines is 1. The number of nitrogen functional groups attached to an aromatic ring is 1. The maximum absolute atomic E-state index is 12.1. The van der Waals surface area contributed by atoms with E-state index < -0.39 is 0 Å². The van der Waals surface area contributed by atoms with Gasteiger partial charge in [0.15, 0.2) is 0 Å². The van der Waals surface area contributed by atoms with E-state index >= 15 is 0 Å². The smallest absolute Gasteiger partial charge is 0.253 e. The lowest BCUT2D eigenvalue weighted by molar-refractivity contribution is -0.121. The van der Waals surface area contributed by atoms with Crippen molar-refractivity contribution in [3.8, 4) is 0 Å². The second-order valence-electron chi connectivity index (χ2n) is 5.99. The van der Waals surface area contributed by atoms with Crippen LogP contribution in [-0.4, -0.2) is 28.9 Å². The van der Waals surface area contributed by atoms with E-state index in [9.17, 15) is 9.59 Å². The monoisotopic (exact) mass is 288 g/mol. The molecule has 0 aliphatic rings. The van der Waals surface area contributed by atoms with Gasteiger partial charge in [-0.05, 0) is 39.0 Å². The van der Waals surface area contributed by atoms with Crippen LogP contribution in [0, 0.1) is 0 Å². The number of hydrogen-bond acceptors (Lipinski definition) is 3. The second kappa shape index (κ2) is 5.47. The van der Waals surface area contributed by atoms with E-state index in [0.717, 1.165) is 10.9 Å². The molecule has 6 heteroatoms. The molecule has 2 amide bonds. The van der Waals surface area contributed by atoms with Crippen molar-refractivity contribution in [3.63, 3.8) is 0 Å². The SMILES string of the molecule is CC(C)(C)NC(=O)CNC(=O)c1c[nH]c2ccc(N)cc12. The lowest BCUT2D eigenvalue weighted by Gasteiger charge is -2.20. The van der Waals surface area contributed by atoms with Crippen molar-refractivity contribution in [3.05, 3.63) is 30.0 Å². The van der Waals surface area contributed by atoms with Gasteiger partial charge in [0.05, 0.1) is 12.1 Å². The number of aromatic nitrogens is 1. The number of anilines is 1. The largest absolute Gasteiger partial charge is 0.399 e. The first-order valence-electron chi connectivity index (χ1n) is 6.72. The number of carbonyl (C=O) groups is 2. The maximum atomic E-state index is 12.1. The highest BCUT2D eigenvalue weighted by molar-refractivity contribution is 6.08. The average Bonchev–Trinajstić information content (AvgIpc) is 2.76. The molecule has 0 aliphatic carbocycles. The quantitative estimate of drug-likeness (QED) is 0.642. The zero-order chi connectivity index (χ0) is 15.6. The summed E-state index contributed by atoms with van der Waals surface area (Å²) in [5.41, 5.74) is 7.30. The molecule has 0 bridgehead atoms. The van der Waals surface area contributed by atoms with E-state index in [1.54, 1.807) is 18.3 Å². The van der Waals surface area contributed by atoms with Crippen LogP contribution < -0.4 is 16.4 Å². The average molecular weight is 288 g/mol. The van der Waals surface area contributed by atoms with Gasteiger partial charge in [0.25, 0.3) is 5.91 Å². The molecule has 112 valence electrons. The molecule has 1 aromatic heterocycles. The number of amides is 2. The summed E-state index contributed by atoms with van der Waals surface area (Å²) in [5.74, 6) is -0.536. The second-order valence-corrected chi connectivity index (χ2v) is 5.99. The van der Waals surface area contributed by atoms with Crippen LogP contribution in [0.15, 0.2) is 24.4 Å². The molecule has 1 aromatic carbocycles. The molecule has 2 rings (SSSR count). The molecule has 0 atom stereocenters. The van der Waals surface area contributed by atoms with Gasteiger partial charge in [-0.1, -0.05) is 0 Å². The van der Waals surface area contributed by atoms with E-state index in [4.69, 9.17) is 5.73 Å². The molecule has 0 radical (unpaired) electrons. The minimum atomic E-state index is -0.322. The number of rotatable bonds is 3. The maximum Gasteiger partial charge on any atom is 0.253 e. The van der Waals surface area contributed by atoms with E-state index in [1.807, 2.05) is 26.8 Å². The number of H-pyrrole nitrogens is 1. The number of nitrogens with one attached hydrogen (secondary N) is 3. The summed E-state index contributed by atoms with van der Waals surface area (Å²) in [5, 5.41) is 6.13. The van der Waals surface area contributed by atoms with Gasteiger partial charge >= 0.3 is 0 Å². The molecule has 0 unspecified atom stereocenters. The molecule has 0 saturated carbocycles. The Morgan fingerprint density at radius 2 is 2.00 bits per heavy atom. The molecule has 2 aromatic rings. The third-order valence-corrected chi connectivity index (χ3v) is 2.87. The molecular weight excluding hydrogens is 268 g/mol. The Balaban J connectivity index is 2.06. The predicted molar refractivity (Wildman–Crippen MR) is 82.9 cm³/mol. The van der Waals surface area contributed by atoms with Gasteiger partial charge in [0, 0.05) is 28.3 Å². The van der Waals surface area contributed by atoms with E-state index in [2.05, 4.69) is 15.6 Å². The lowest BCUT2D eigenvalue weighted by atomic mass is 10.1.